The first kappa shape index (κ1) is 31.1. The monoisotopic (exact) mass is 623 g/mol. The van der Waals surface area contributed by atoms with E-state index in [9.17, 15) is 0 Å². The molecule has 3 nitrogen and oxygen atoms in total. The van der Waals surface area contributed by atoms with Crippen LogP contribution in [0.4, 0.5) is 0 Å². The van der Waals surface area contributed by atoms with Crippen molar-refractivity contribution < 1.29 is 0 Å². The van der Waals surface area contributed by atoms with Crippen LogP contribution in [0.15, 0.2) is 157 Å². The zero-order chi connectivity index (χ0) is 32.9. The minimum absolute atomic E-state index is 0.567. The van der Waals surface area contributed by atoms with Crippen LogP contribution in [0.5, 0.6) is 0 Å². The van der Waals surface area contributed by atoms with Crippen molar-refractivity contribution in [3.8, 4) is 22.6 Å². The molecule has 2 heterocycles. The zero-order valence-electron chi connectivity index (χ0n) is 27.8. The van der Waals surface area contributed by atoms with Crippen LogP contribution in [0.3, 0.4) is 0 Å². The van der Waals surface area contributed by atoms with Gasteiger partial charge in [-0.1, -0.05) is 129 Å². The van der Waals surface area contributed by atoms with Gasteiger partial charge in [0, 0.05) is 27.9 Å². The summed E-state index contributed by atoms with van der Waals surface area (Å²) in [5.41, 5.74) is 12.7. The Morgan fingerprint density at radius 2 is 1.58 bits per heavy atom. The van der Waals surface area contributed by atoms with Crippen molar-refractivity contribution in [1.29, 1.82) is 0 Å². The molecule has 0 radical (unpaired) electrons. The molecule has 0 bridgehead atoms. The Balaban J connectivity index is 1.22. The molecule has 1 unspecified atom stereocenters. The summed E-state index contributed by atoms with van der Waals surface area (Å²) in [6, 6.07) is 31.5. The molecule has 48 heavy (non-hydrogen) atoms. The molecule has 2 aromatic heterocycles. The highest BCUT2D eigenvalue weighted by molar-refractivity contribution is 5.92. The smallest absolute Gasteiger partial charge is 0.160 e. The molecule has 0 amide bonds. The number of hydrogen-bond donors (Lipinski definition) is 0. The number of aryl methyl sites for hydroxylation is 1. The quantitative estimate of drug-likeness (QED) is 0.169. The lowest BCUT2D eigenvalue weighted by Gasteiger charge is -2.13. The minimum atomic E-state index is 0.567. The van der Waals surface area contributed by atoms with Crippen molar-refractivity contribution in [3.05, 3.63) is 174 Å². The fourth-order valence-corrected chi connectivity index (χ4v) is 6.67. The second kappa shape index (κ2) is 14.1. The second-order valence-corrected chi connectivity index (χ2v) is 12.7. The average molecular weight is 624 g/mol. The summed E-state index contributed by atoms with van der Waals surface area (Å²) in [6.45, 7) is 8.75. The van der Waals surface area contributed by atoms with Crippen LogP contribution in [0, 0.1) is 5.92 Å². The van der Waals surface area contributed by atoms with Gasteiger partial charge in [0.25, 0.3) is 0 Å². The van der Waals surface area contributed by atoms with E-state index in [2.05, 4.69) is 140 Å². The van der Waals surface area contributed by atoms with Crippen molar-refractivity contribution in [2.75, 3.05) is 0 Å². The molecule has 3 aromatic carbocycles. The number of aromatic nitrogens is 3. The van der Waals surface area contributed by atoms with Crippen LogP contribution >= 0.6 is 0 Å². The van der Waals surface area contributed by atoms with Gasteiger partial charge in [0.2, 0.25) is 0 Å². The molecule has 2 aliphatic carbocycles. The van der Waals surface area contributed by atoms with Gasteiger partial charge in [-0.05, 0) is 91.2 Å². The number of hydrogen-bond acceptors (Lipinski definition) is 2. The first-order valence-corrected chi connectivity index (χ1v) is 17.0. The number of allylic oxidation sites excluding steroid dienone is 12. The van der Waals surface area contributed by atoms with Crippen molar-refractivity contribution in [3.63, 3.8) is 0 Å². The average Bonchev–Trinajstić information content (AvgIpc) is 3.30. The zero-order valence-corrected chi connectivity index (χ0v) is 27.8. The van der Waals surface area contributed by atoms with Crippen molar-refractivity contribution in [1.82, 2.24) is 14.5 Å². The Hall–Kier alpha value is -5.54. The predicted octanol–water partition coefficient (Wildman–Crippen LogP) is 11.7. The number of benzene rings is 3. The lowest BCUT2D eigenvalue weighted by atomic mass is 9.96. The number of nitrogens with zero attached hydrogens (tertiary/aromatic N) is 3. The molecular formula is C45H41N3. The topological polar surface area (TPSA) is 30.7 Å². The predicted molar refractivity (Wildman–Crippen MR) is 204 cm³/mol. The SMILES string of the molecule is C=C\C(=C/C=C(C)/C1=C/C=C\C/C(c2cc(-c3ccccc3)nc(-c3ccccc3)n2)=C\C1)n1c2c(c3ccccc31)CCC(C)C=C2. The molecule has 0 spiro atoms. The third kappa shape index (κ3) is 6.50. The van der Waals surface area contributed by atoms with Crippen LogP contribution in [0.25, 0.3) is 50.9 Å². The van der Waals surface area contributed by atoms with Gasteiger partial charge in [-0.2, -0.15) is 0 Å². The summed E-state index contributed by atoms with van der Waals surface area (Å²) in [4.78, 5) is 10.1. The number of fused-ring (bicyclic) bond motifs is 3. The highest BCUT2D eigenvalue weighted by Crippen LogP contribution is 2.35. The Labute approximate surface area is 284 Å². The first-order chi connectivity index (χ1) is 23.6. The molecule has 5 aromatic rings. The first-order valence-electron chi connectivity index (χ1n) is 17.0. The van der Waals surface area contributed by atoms with Gasteiger partial charge in [-0.25, -0.2) is 9.97 Å². The summed E-state index contributed by atoms with van der Waals surface area (Å²) in [5.74, 6) is 1.31. The maximum absolute atomic E-state index is 5.09. The van der Waals surface area contributed by atoms with Gasteiger partial charge in [0.15, 0.2) is 5.82 Å². The van der Waals surface area contributed by atoms with E-state index < -0.39 is 0 Å². The van der Waals surface area contributed by atoms with Gasteiger partial charge in [-0.15, -0.1) is 0 Å². The molecule has 0 N–H and O–H groups in total. The van der Waals surface area contributed by atoms with E-state index in [0.717, 1.165) is 59.7 Å². The maximum atomic E-state index is 5.09. The highest BCUT2D eigenvalue weighted by atomic mass is 15.0. The molecule has 0 saturated heterocycles. The summed E-state index contributed by atoms with van der Waals surface area (Å²) >= 11 is 0. The fraction of sp³-hybridized carbons (Fsp3) is 0.156. The van der Waals surface area contributed by atoms with E-state index in [1.165, 1.54) is 38.9 Å². The van der Waals surface area contributed by atoms with Crippen molar-refractivity contribution in [2.24, 2.45) is 5.92 Å². The van der Waals surface area contributed by atoms with Crippen molar-refractivity contribution >= 4 is 28.2 Å². The largest absolute Gasteiger partial charge is 0.310 e. The van der Waals surface area contributed by atoms with E-state index in [1.807, 2.05) is 30.3 Å². The molecule has 2 aliphatic rings. The van der Waals surface area contributed by atoms with Gasteiger partial charge in [0.05, 0.1) is 16.9 Å². The van der Waals surface area contributed by atoms with Crippen molar-refractivity contribution in [2.45, 2.75) is 39.5 Å². The van der Waals surface area contributed by atoms with Gasteiger partial charge in [0.1, 0.15) is 0 Å². The van der Waals surface area contributed by atoms with Crippen LogP contribution in [-0.4, -0.2) is 14.5 Å². The molecule has 0 fully saturated rings. The van der Waals surface area contributed by atoms with E-state index in [0.29, 0.717) is 5.92 Å². The fourth-order valence-electron chi connectivity index (χ4n) is 6.67. The molecule has 7 rings (SSSR count). The third-order valence-electron chi connectivity index (χ3n) is 9.43. The van der Waals surface area contributed by atoms with Crippen LogP contribution < -0.4 is 0 Å². The summed E-state index contributed by atoms with van der Waals surface area (Å²) < 4.78 is 2.38. The molecule has 0 aliphatic heterocycles. The summed E-state index contributed by atoms with van der Waals surface area (Å²) in [7, 11) is 0. The van der Waals surface area contributed by atoms with Crippen LogP contribution in [0.2, 0.25) is 0 Å². The standard InChI is InChI=1S/C45H41N3/c1-4-38(48-43-22-14-13-21-39(43)40-29-23-32(2)24-30-44(40)48)28-25-33(3)34-15-11-12-18-36(27-26-34)42-31-41(35-16-7-5-8-17-35)46-45(47-42)37-19-9-6-10-20-37/h4-17,19-22,24-25,27-28,30-32H,1,18,23,26,29H2,2-3H3/b12-11-,33-25+,34-15+,36-27+,38-28+. The molecule has 1 atom stereocenters. The van der Waals surface area contributed by atoms with Gasteiger partial charge >= 0.3 is 0 Å². The van der Waals surface area contributed by atoms with Gasteiger partial charge in [-0.3, -0.25) is 0 Å². The Morgan fingerprint density at radius 3 is 2.38 bits per heavy atom. The second-order valence-electron chi connectivity index (χ2n) is 12.7. The van der Waals surface area contributed by atoms with Crippen LogP contribution in [0.1, 0.15) is 50.1 Å². The number of para-hydroxylation sites is 1. The molecule has 236 valence electrons. The molecule has 0 saturated carbocycles. The van der Waals surface area contributed by atoms with E-state index in [-0.39, 0.29) is 0 Å². The lowest BCUT2D eigenvalue weighted by molar-refractivity contribution is 0.656. The third-order valence-corrected chi connectivity index (χ3v) is 9.43. The lowest BCUT2D eigenvalue weighted by Crippen LogP contribution is -1.99. The van der Waals surface area contributed by atoms with E-state index in [4.69, 9.17) is 9.97 Å². The Bertz CT molecular complexity index is 2090. The Kier molecular flexibility index (Phi) is 9.11. The number of rotatable bonds is 7. The summed E-state index contributed by atoms with van der Waals surface area (Å²) in [6.07, 6.45) is 23.9. The van der Waals surface area contributed by atoms with E-state index >= 15 is 0 Å². The van der Waals surface area contributed by atoms with Gasteiger partial charge < -0.3 is 4.57 Å². The summed E-state index contributed by atoms with van der Waals surface area (Å²) in [5, 5.41) is 1.33. The van der Waals surface area contributed by atoms with E-state index in [1.54, 1.807) is 0 Å². The molecular weight excluding hydrogens is 583 g/mol. The highest BCUT2D eigenvalue weighted by Gasteiger charge is 2.19. The molecule has 3 heteroatoms. The minimum Gasteiger partial charge on any atom is -0.310 e. The normalized spacial score (nSPS) is 19.7. The maximum Gasteiger partial charge on any atom is 0.160 e. The Morgan fingerprint density at radius 1 is 0.854 bits per heavy atom. The van der Waals surface area contributed by atoms with Crippen LogP contribution in [-0.2, 0) is 6.42 Å².